The molecule has 0 atom stereocenters. The van der Waals surface area contributed by atoms with Crippen LogP contribution < -0.4 is 0 Å². The highest BCUT2D eigenvalue weighted by molar-refractivity contribution is 7.90. The van der Waals surface area contributed by atoms with E-state index in [1.165, 1.54) is 13.8 Å². The molecule has 0 saturated heterocycles. The number of carbonyl (C=O) groups excluding carboxylic acids is 2. The number of ether oxygens (including phenoxy) is 1. The Morgan fingerprint density at radius 2 is 1.89 bits per heavy atom. The molecule has 0 aliphatic rings. The maximum absolute atomic E-state index is 11.8. The normalized spacial score (nSPS) is 11.1. The van der Waals surface area contributed by atoms with Gasteiger partial charge in [0.05, 0.1) is 17.1 Å². The lowest BCUT2D eigenvalue weighted by Gasteiger charge is -2.09. The number of aromatic hydroxyl groups is 1. The summed E-state index contributed by atoms with van der Waals surface area (Å²) in [5.41, 5.74) is -0.0927. The highest BCUT2D eigenvalue weighted by Gasteiger charge is 2.26. The van der Waals surface area contributed by atoms with Crippen LogP contribution in [-0.2, 0) is 19.4 Å². The molecule has 104 valence electrons. The zero-order chi connectivity index (χ0) is 14.8. The Bertz CT molecular complexity index is 630. The van der Waals surface area contributed by atoms with Gasteiger partial charge in [-0.2, -0.15) is 0 Å². The summed E-state index contributed by atoms with van der Waals surface area (Å²) >= 11 is 0. The van der Waals surface area contributed by atoms with E-state index in [2.05, 4.69) is 4.74 Å². The number of benzene rings is 1. The maximum Gasteiger partial charge on any atom is 0.379 e. The smallest absolute Gasteiger partial charge is 0.379 e. The molecule has 6 nitrogen and oxygen atoms in total. The Hall–Kier alpha value is -1.89. The molecule has 0 radical (unpaired) electrons. The summed E-state index contributed by atoms with van der Waals surface area (Å²) in [6, 6.07) is 2.11. The number of carbonyl (C=O) groups is 2. The van der Waals surface area contributed by atoms with Gasteiger partial charge in [-0.1, -0.05) is 0 Å². The third kappa shape index (κ3) is 3.31. The van der Waals surface area contributed by atoms with E-state index in [1.54, 1.807) is 0 Å². The summed E-state index contributed by atoms with van der Waals surface area (Å²) in [6.07, 6.45) is 0.917. The Morgan fingerprint density at radius 3 is 2.37 bits per heavy atom. The standard InChI is InChI=1S/C12H14O6S/c1-4-18-12(15)11(14)8-6-9(13)7(2)5-10(8)19(3,16)17/h5-6,13H,4H2,1-3H3. The Kier molecular flexibility index (Phi) is 4.31. The predicted molar refractivity (Wildman–Crippen MR) is 66.9 cm³/mol. The number of sulfone groups is 1. The van der Waals surface area contributed by atoms with Crippen LogP contribution in [0.15, 0.2) is 17.0 Å². The van der Waals surface area contributed by atoms with E-state index in [0.29, 0.717) is 5.56 Å². The molecule has 0 heterocycles. The molecule has 1 N–H and O–H groups in total. The van der Waals surface area contributed by atoms with Crippen molar-refractivity contribution < 1.29 is 27.9 Å². The highest BCUT2D eigenvalue weighted by Crippen LogP contribution is 2.26. The molecule has 0 bridgehead atoms. The van der Waals surface area contributed by atoms with Crippen LogP contribution in [0, 0.1) is 6.92 Å². The van der Waals surface area contributed by atoms with Gasteiger partial charge in [0.2, 0.25) is 0 Å². The van der Waals surface area contributed by atoms with Crippen molar-refractivity contribution in [1.82, 2.24) is 0 Å². The van der Waals surface area contributed by atoms with E-state index < -0.39 is 21.6 Å². The second-order valence-corrected chi connectivity index (χ2v) is 5.94. The maximum atomic E-state index is 11.8. The van der Waals surface area contributed by atoms with Gasteiger partial charge in [0.25, 0.3) is 5.78 Å². The van der Waals surface area contributed by atoms with Crippen molar-refractivity contribution in [3.8, 4) is 5.75 Å². The minimum atomic E-state index is -3.71. The van der Waals surface area contributed by atoms with Gasteiger partial charge in [0.15, 0.2) is 9.84 Å². The lowest BCUT2D eigenvalue weighted by atomic mass is 10.1. The molecular weight excluding hydrogens is 272 g/mol. The van der Waals surface area contributed by atoms with Crippen LogP contribution >= 0.6 is 0 Å². The lowest BCUT2D eigenvalue weighted by Crippen LogP contribution is -2.20. The number of ketones is 1. The molecule has 0 aliphatic carbocycles. The Labute approximate surface area is 110 Å². The summed E-state index contributed by atoms with van der Waals surface area (Å²) in [6.45, 7) is 3.01. The number of hydrogen-bond acceptors (Lipinski definition) is 6. The molecule has 19 heavy (non-hydrogen) atoms. The average molecular weight is 286 g/mol. The SMILES string of the molecule is CCOC(=O)C(=O)c1cc(O)c(C)cc1S(C)(=O)=O. The first-order valence-corrected chi connectivity index (χ1v) is 7.32. The topological polar surface area (TPSA) is 97.7 Å². The quantitative estimate of drug-likeness (QED) is 0.500. The highest BCUT2D eigenvalue weighted by atomic mass is 32.2. The number of esters is 1. The third-order valence-electron chi connectivity index (χ3n) is 2.40. The van der Waals surface area contributed by atoms with Gasteiger partial charge >= 0.3 is 5.97 Å². The van der Waals surface area contributed by atoms with Gasteiger partial charge < -0.3 is 9.84 Å². The lowest BCUT2D eigenvalue weighted by molar-refractivity contribution is -0.137. The predicted octanol–water partition coefficient (Wildman–Crippen LogP) is 0.850. The van der Waals surface area contributed by atoms with Crippen molar-refractivity contribution in [2.24, 2.45) is 0 Å². The zero-order valence-corrected chi connectivity index (χ0v) is 11.6. The number of phenolic OH excluding ortho intramolecular Hbond substituents is 1. The third-order valence-corrected chi connectivity index (χ3v) is 3.54. The van der Waals surface area contributed by atoms with Gasteiger partial charge in [-0.3, -0.25) is 4.79 Å². The van der Waals surface area contributed by atoms with Gasteiger partial charge in [-0.05, 0) is 31.5 Å². The minimum Gasteiger partial charge on any atom is -0.508 e. The van der Waals surface area contributed by atoms with Gasteiger partial charge in [-0.15, -0.1) is 0 Å². The number of hydrogen-bond donors (Lipinski definition) is 1. The van der Waals surface area contributed by atoms with Crippen molar-refractivity contribution in [3.05, 3.63) is 23.3 Å². The molecule has 0 spiro atoms. The molecule has 0 amide bonds. The summed E-state index contributed by atoms with van der Waals surface area (Å²) in [5, 5.41) is 9.55. The zero-order valence-electron chi connectivity index (χ0n) is 10.8. The van der Waals surface area contributed by atoms with Gasteiger partial charge in [-0.25, -0.2) is 13.2 Å². The van der Waals surface area contributed by atoms with E-state index in [-0.39, 0.29) is 22.8 Å². The largest absolute Gasteiger partial charge is 0.508 e. The van der Waals surface area contributed by atoms with Crippen LogP contribution in [0.2, 0.25) is 0 Å². The first-order chi connectivity index (χ1) is 8.68. The molecule has 0 aromatic heterocycles. The van der Waals surface area contributed by atoms with Crippen LogP contribution in [0.5, 0.6) is 5.75 Å². The van der Waals surface area contributed by atoms with Gasteiger partial charge in [0.1, 0.15) is 5.75 Å². The Morgan fingerprint density at radius 1 is 1.32 bits per heavy atom. The Balaban J connectivity index is 3.46. The first kappa shape index (κ1) is 15.2. The molecule has 0 aliphatic heterocycles. The molecule has 0 saturated carbocycles. The van der Waals surface area contributed by atoms with E-state index in [9.17, 15) is 23.1 Å². The van der Waals surface area contributed by atoms with E-state index in [1.807, 2.05) is 0 Å². The van der Waals surface area contributed by atoms with Crippen molar-refractivity contribution >= 4 is 21.6 Å². The minimum absolute atomic E-state index is 0.00335. The molecule has 0 fully saturated rings. The van der Waals surface area contributed by atoms with Gasteiger partial charge in [0, 0.05) is 6.26 Å². The summed E-state index contributed by atoms with van der Waals surface area (Å²) in [5.74, 6) is -2.52. The van der Waals surface area contributed by atoms with Crippen molar-refractivity contribution in [2.45, 2.75) is 18.7 Å². The van der Waals surface area contributed by atoms with Crippen LogP contribution in [0.4, 0.5) is 0 Å². The molecule has 7 heteroatoms. The van der Waals surface area contributed by atoms with Crippen molar-refractivity contribution in [2.75, 3.05) is 12.9 Å². The summed E-state index contributed by atoms with van der Waals surface area (Å²) in [7, 11) is -3.71. The summed E-state index contributed by atoms with van der Waals surface area (Å²) < 4.78 is 27.8. The first-order valence-electron chi connectivity index (χ1n) is 5.43. The van der Waals surface area contributed by atoms with E-state index >= 15 is 0 Å². The number of Topliss-reactive ketones (excluding diaryl/α,β-unsaturated/α-hetero) is 1. The monoisotopic (exact) mass is 286 g/mol. The fourth-order valence-electron chi connectivity index (χ4n) is 1.46. The number of phenols is 1. The molecular formula is C12H14O6S. The molecule has 1 aromatic rings. The molecule has 0 unspecified atom stereocenters. The fourth-order valence-corrected chi connectivity index (χ4v) is 2.40. The second kappa shape index (κ2) is 5.40. The number of aryl methyl sites for hydroxylation is 1. The summed E-state index contributed by atoms with van der Waals surface area (Å²) in [4.78, 5) is 22.9. The van der Waals surface area contributed by atoms with Crippen LogP contribution in [0.3, 0.4) is 0 Å². The van der Waals surface area contributed by atoms with Crippen molar-refractivity contribution in [1.29, 1.82) is 0 Å². The average Bonchev–Trinajstić information content (AvgIpc) is 2.30. The molecule has 1 aromatic carbocycles. The van der Waals surface area contributed by atoms with E-state index in [4.69, 9.17) is 0 Å². The van der Waals surface area contributed by atoms with Crippen LogP contribution in [0.1, 0.15) is 22.8 Å². The molecule has 1 rings (SSSR count). The van der Waals surface area contributed by atoms with Crippen LogP contribution in [-0.4, -0.2) is 38.1 Å². The van der Waals surface area contributed by atoms with Crippen molar-refractivity contribution in [3.63, 3.8) is 0 Å². The second-order valence-electron chi connectivity index (χ2n) is 3.96. The van der Waals surface area contributed by atoms with E-state index in [0.717, 1.165) is 18.4 Å². The fraction of sp³-hybridized carbons (Fsp3) is 0.333. The van der Waals surface area contributed by atoms with Crippen LogP contribution in [0.25, 0.3) is 0 Å². The number of rotatable bonds is 4.